The minimum atomic E-state index is -4.84. The molecule has 0 aliphatic rings. The summed E-state index contributed by atoms with van der Waals surface area (Å²) in [7, 11) is 0. The number of carboxylic acid groups (broad SMARTS) is 1. The number of hydrogen-bond acceptors (Lipinski definition) is 4. The van der Waals surface area contributed by atoms with E-state index in [2.05, 4.69) is 4.74 Å². The molecule has 0 fully saturated rings. The van der Waals surface area contributed by atoms with Crippen molar-refractivity contribution >= 4 is 12.1 Å². The van der Waals surface area contributed by atoms with Gasteiger partial charge in [0.25, 0.3) is 0 Å². The van der Waals surface area contributed by atoms with Crippen LogP contribution in [0.15, 0.2) is 24.3 Å². The second-order valence-electron chi connectivity index (χ2n) is 7.72. The summed E-state index contributed by atoms with van der Waals surface area (Å²) < 4.78 is 46.3. The fourth-order valence-electron chi connectivity index (χ4n) is 2.12. The van der Waals surface area contributed by atoms with Crippen LogP contribution in [0.3, 0.4) is 0 Å². The lowest BCUT2D eigenvalue weighted by Crippen LogP contribution is -2.44. The lowest BCUT2D eigenvalue weighted by molar-refractivity contribution is -0.274. The van der Waals surface area contributed by atoms with Crippen molar-refractivity contribution in [2.75, 3.05) is 6.54 Å². The Morgan fingerprint density at radius 2 is 1.70 bits per heavy atom. The van der Waals surface area contributed by atoms with Gasteiger partial charge in [0.15, 0.2) is 0 Å². The molecule has 152 valence electrons. The highest BCUT2D eigenvalue weighted by atomic mass is 19.4. The van der Waals surface area contributed by atoms with Gasteiger partial charge in [0, 0.05) is 13.1 Å². The Bertz CT molecular complexity index is 680. The molecular weight excluding hydrogens is 367 g/mol. The number of carboxylic acids is 1. The third-order valence-corrected chi connectivity index (χ3v) is 3.32. The van der Waals surface area contributed by atoms with Crippen LogP contribution in [0.1, 0.15) is 40.2 Å². The van der Waals surface area contributed by atoms with Crippen LogP contribution >= 0.6 is 0 Å². The zero-order valence-electron chi connectivity index (χ0n) is 15.9. The molecule has 1 aromatic carbocycles. The minimum Gasteiger partial charge on any atom is -0.481 e. The van der Waals surface area contributed by atoms with Crippen LogP contribution in [0.5, 0.6) is 5.75 Å². The number of carbonyl (C=O) groups excluding carboxylic acids is 1. The summed E-state index contributed by atoms with van der Waals surface area (Å²) in [4.78, 5) is 25.0. The van der Waals surface area contributed by atoms with Crippen molar-refractivity contribution in [1.82, 2.24) is 4.90 Å². The second-order valence-corrected chi connectivity index (χ2v) is 7.72. The molecule has 1 amide bonds. The molecule has 0 radical (unpaired) electrons. The molecule has 0 aliphatic heterocycles. The third-order valence-electron chi connectivity index (χ3n) is 3.32. The average molecular weight is 391 g/mol. The number of rotatable bonds is 6. The van der Waals surface area contributed by atoms with E-state index < -0.39 is 35.2 Å². The average Bonchev–Trinajstić information content (AvgIpc) is 2.42. The van der Waals surface area contributed by atoms with Gasteiger partial charge < -0.3 is 19.5 Å². The Morgan fingerprint density at radius 3 is 2.19 bits per heavy atom. The summed E-state index contributed by atoms with van der Waals surface area (Å²) in [6, 6.07) is 5.13. The Labute approximate surface area is 155 Å². The van der Waals surface area contributed by atoms with Crippen molar-refractivity contribution in [1.29, 1.82) is 0 Å². The Hall–Kier alpha value is -2.45. The third kappa shape index (κ3) is 8.19. The lowest BCUT2D eigenvalue weighted by Gasteiger charge is -2.32. The topological polar surface area (TPSA) is 76.1 Å². The summed E-state index contributed by atoms with van der Waals surface area (Å²) in [5, 5.41) is 9.32. The van der Waals surface area contributed by atoms with Gasteiger partial charge in [-0.2, -0.15) is 0 Å². The molecule has 0 spiro atoms. The molecule has 0 aliphatic carbocycles. The smallest absolute Gasteiger partial charge is 0.481 e. The maximum atomic E-state index is 12.5. The zero-order chi connectivity index (χ0) is 21.0. The number of benzene rings is 1. The monoisotopic (exact) mass is 391 g/mol. The van der Waals surface area contributed by atoms with E-state index in [1.54, 1.807) is 20.8 Å². The van der Waals surface area contributed by atoms with E-state index in [0.717, 1.165) is 17.0 Å². The molecule has 0 unspecified atom stereocenters. The van der Waals surface area contributed by atoms with Crippen molar-refractivity contribution in [3.63, 3.8) is 0 Å². The summed E-state index contributed by atoms with van der Waals surface area (Å²) in [6.07, 6.45) is -5.60. The predicted octanol–water partition coefficient (Wildman–Crippen LogP) is 4.43. The maximum absolute atomic E-state index is 12.5. The fraction of sp³-hybridized carbons (Fsp3) is 0.556. The first-order chi connectivity index (χ1) is 12.1. The highest BCUT2D eigenvalue weighted by Gasteiger charge is 2.34. The van der Waals surface area contributed by atoms with E-state index >= 15 is 0 Å². The largest absolute Gasteiger partial charge is 0.573 e. The van der Waals surface area contributed by atoms with Gasteiger partial charge in [-0.25, -0.2) is 4.79 Å². The Balaban J connectivity index is 3.08. The summed E-state index contributed by atoms with van der Waals surface area (Å²) >= 11 is 0. The summed E-state index contributed by atoms with van der Waals surface area (Å²) in [5.41, 5.74) is -1.76. The molecule has 27 heavy (non-hydrogen) atoms. The van der Waals surface area contributed by atoms with Crippen LogP contribution in [0, 0.1) is 5.41 Å². The molecule has 0 saturated carbocycles. The van der Waals surface area contributed by atoms with Gasteiger partial charge in [-0.05, 0) is 52.3 Å². The Morgan fingerprint density at radius 1 is 1.11 bits per heavy atom. The van der Waals surface area contributed by atoms with Crippen LogP contribution < -0.4 is 4.74 Å². The minimum absolute atomic E-state index is 0.138. The van der Waals surface area contributed by atoms with Gasteiger partial charge in [0.05, 0.1) is 5.41 Å². The van der Waals surface area contributed by atoms with Gasteiger partial charge in [0.2, 0.25) is 0 Å². The zero-order valence-corrected chi connectivity index (χ0v) is 15.9. The van der Waals surface area contributed by atoms with Crippen molar-refractivity contribution in [2.24, 2.45) is 5.41 Å². The predicted molar refractivity (Wildman–Crippen MR) is 91.2 cm³/mol. The van der Waals surface area contributed by atoms with Crippen LogP contribution in [0.25, 0.3) is 0 Å². The first-order valence-electron chi connectivity index (χ1n) is 8.15. The maximum Gasteiger partial charge on any atom is 0.573 e. The van der Waals surface area contributed by atoms with Crippen LogP contribution in [-0.2, 0) is 16.1 Å². The lowest BCUT2D eigenvalue weighted by atomic mass is 9.93. The van der Waals surface area contributed by atoms with E-state index in [1.807, 2.05) is 0 Å². The fourth-order valence-corrected chi connectivity index (χ4v) is 2.12. The van der Waals surface area contributed by atoms with Gasteiger partial charge in [-0.3, -0.25) is 4.79 Å². The highest BCUT2D eigenvalue weighted by Crippen LogP contribution is 2.25. The number of amides is 1. The summed E-state index contributed by atoms with van der Waals surface area (Å²) in [5.74, 6) is -1.55. The molecule has 0 heterocycles. The molecule has 0 aromatic heterocycles. The SMILES string of the molecule is CC(C)(C)OC(=O)N(Cc1cccc(OC(F)(F)F)c1)CC(C)(C)C(=O)O. The first kappa shape index (κ1) is 22.6. The molecule has 9 heteroatoms. The molecule has 1 N–H and O–H groups in total. The van der Waals surface area contributed by atoms with E-state index in [4.69, 9.17) is 4.74 Å². The highest BCUT2D eigenvalue weighted by molar-refractivity contribution is 5.75. The van der Waals surface area contributed by atoms with E-state index in [-0.39, 0.29) is 13.1 Å². The number of halogens is 3. The molecule has 6 nitrogen and oxygen atoms in total. The Kier molecular flexibility index (Phi) is 6.74. The van der Waals surface area contributed by atoms with Gasteiger partial charge in [0.1, 0.15) is 11.4 Å². The van der Waals surface area contributed by atoms with E-state index in [9.17, 15) is 27.9 Å². The number of alkyl halides is 3. The number of carbonyl (C=O) groups is 2. The van der Waals surface area contributed by atoms with Crippen LogP contribution in [-0.4, -0.2) is 40.6 Å². The van der Waals surface area contributed by atoms with Crippen molar-refractivity contribution in [3.05, 3.63) is 29.8 Å². The van der Waals surface area contributed by atoms with Crippen molar-refractivity contribution in [3.8, 4) is 5.75 Å². The van der Waals surface area contributed by atoms with E-state index in [1.165, 1.54) is 26.0 Å². The van der Waals surface area contributed by atoms with Crippen LogP contribution in [0.2, 0.25) is 0 Å². The quantitative estimate of drug-likeness (QED) is 0.776. The van der Waals surface area contributed by atoms with Crippen molar-refractivity contribution < 1.29 is 37.3 Å². The molecule has 1 rings (SSSR count). The van der Waals surface area contributed by atoms with Gasteiger partial charge in [-0.1, -0.05) is 12.1 Å². The van der Waals surface area contributed by atoms with Gasteiger partial charge in [-0.15, -0.1) is 13.2 Å². The number of aliphatic carboxylic acids is 1. The molecule has 0 bridgehead atoms. The molecular formula is C18H24F3NO5. The number of hydrogen-bond donors (Lipinski definition) is 1. The normalized spacial score (nSPS) is 12.4. The number of ether oxygens (including phenoxy) is 2. The molecule has 0 atom stereocenters. The standard InChI is InChI=1S/C18H24F3NO5/c1-16(2,3)27-15(25)22(11-17(4,5)14(23)24)10-12-7-6-8-13(9-12)26-18(19,20)21/h6-9H,10-11H2,1-5H3,(H,23,24). The molecule has 0 saturated heterocycles. The second kappa shape index (κ2) is 8.06. The van der Waals surface area contributed by atoms with E-state index in [0.29, 0.717) is 5.56 Å². The number of nitrogens with zero attached hydrogens (tertiary/aromatic N) is 1. The van der Waals surface area contributed by atoms with Crippen LogP contribution in [0.4, 0.5) is 18.0 Å². The summed E-state index contributed by atoms with van der Waals surface area (Å²) in [6.45, 7) is 7.52. The first-order valence-corrected chi connectivity index (χ1v) is 8.15. The van der Waals surface area contributed by atoms with Crippen molar-refractivity contribution in [2.45, 2.75) is 53.1 Å². The van der Waals surface area contributed by atoms with Gasteiger partial charge >= 0.3 is 18.4 Å². The molecule has 1 aromatic rings.